The second kappa shape index (κ2) is 9.87. The first-order valence-corrected chi connectivity index (χ1v) is 11.0. The lowest BCUT2D eigenvalue weighted by molar-refractivity contribution is -0.134. The summed E-state index contributed by atoms with van der Waals surface area (Å²) < 4.78 is 5.34. The highest BCUT2D eigenvalue weighted by atomic mass is 16.5. The van der Waals surface area contributed by atoms with E-state index in [4.69, 9.17) is 4.74 Å². The zero-order valence-corrected chi connectivity index (χ0v) is 18.6. The van der Waals surface area contributed by atoms with Crippen molar-refractivity contribution in [2.45, 2.75) is 32.4 Å². The van der Waals surface area contributed by atoms with E-state index < -0.39 is 6.04 Å². The van der Waals surface area contributed by atoms with Crippen LogP contribution in [0.5, 0.6) is 5.75 Å². The Morgan fingerprint density at radius 1 is 1.25 bits per heavy atom. The number of aromatic amines is 1. The van der Waals surface area contributed by atoms with E-state index in [1.54, 1.807) is 7.11 Å². The lowest BCUT2D eigenvalue weighted by Gasteiger charge is -2.34. The number of nitrogens with one attached hydrogen (secondary N) is 3. The van der Waals surface area contributed by atoms with E-state index in [-0.39, 0.29) is 18.2 Å². The van der Waals surface area contributed by atoms with Crippen molar-refractivity contribution in [1.82, 2.24) is 20.5 Å². The molecule has 3 N–H and O–H groups in total. The molecule has 7 nitrogen and oxygen atoms in total. The Bertz CT molecular complexity index is 1110. The van der Waals surface area contributed by atoms with E-state index in [9.17, 15) is 9.59 Å². The Morgan fingerprint density at radius 3 is 2.91 bits per heavy atom. The smallest absolute Gasteiger partial charge is 0.237 e. The zero-order valence-electron chi connectivity index (χ0n) is 18.6. The third-order valence-corrected chi connectivity index (χ3v) is 6.06. The van der Waals surface area contributed by atoms with Crippen molar-refractivity contribution in [2.24, 2.45) is 0 Å². The number of rotatable bonds is 8. The molecule has 32 heavy (non-hydrogen) atoms. The maximum absolute atomic E-state index is 12.6. The SMILES string of the molecule is COc1ccc(CN2CCNC(=O)C2CC(=O)NCCc2c[nH]c3ccccc23)cc1C. The number of hydrogen-bond acceptors (Lipinski definition) is 4. The number of carbonyl (C=O) groups is 2. The van der Waals surface area contributed by atoms with E-state index in [1.165, 1.54) is 10.9 Å². The Kier molecular flexibility index (Phi) is 6.75. The molecule has 1 atom stereocenters. The topological polar surface area (TPSA) is 86.5 Å². The summed E-state index contributed by atoms with van der Waals surface area (Å²) >= 11 is 0. The number of H-pyrrole nitrogens is 1. The van der Waals surface area contributed by atoms with Gasteiger partial charge < -0.3 is 20.4 Å². The molecule has 0 spiro atoms. The lowest BCUT2D eigenvalue weighted by Crippen LogP contribution is -2.56. The van der Waals surface area contributed by atoms with Crippen molar-refractivity contribution < 1.29 is 14.3 Å². The number of methoxy groups -OCH3 is 1. The Morgan fingerprint density at radius 2 is 2.09 bits per heavy atom. The van der Waals surface area contributed by atoms with Gasteiger partial charge in [0, 0.05) is 43.3 Å². The van der Waals surface area contributed by atoms with Gasteiger partial charge in [0.25, 0.3) is 0 Å². The minimum Gasteiger partial charge on any atom is -0.496 e. The summed E-state index contributed by atoms with van der Waals surface area (Å²) in [5.74, 6) is 0.646. The Balaban J connectivity index is 1.34. The molecule has 0 radical (unpaired) electrons. The van der Waals surface area contributed by atoms with Crippen LogP contribution in [0.3, 0.4) is 0 Å². The fourth-order valence-corrected chi connectivity index (χ4v) is 4.37. The van der Waals surface area contributed by atoms with Crippen LogP contribution in [0.25, 0.3) is 10.9 Å². The third kappa shape index (κ3) is 4.94. The van der Waals surface area contributed by atoms with E-state index in [2.05, 4.69) is 32.7 Å². The van der Waals surface area contributed by atoms with Crippen molar-refractivity contribution in [3.63, 3.8) is 0 Å². The highest BCUT2D eigenvalue weighted by Gasteiger charge is 2.31. The van der Waals surface area contributed by atoms with Crippen LogP contribution in [0.4, 0.5) is 0 Å². The van der Waals surface area contributed by atoms with Crippen LogP contribution in [-0.4, -0.2) is 54.5 Å². The van der Waals surface area contributed by atoms with Gasteiger partial charge in [-0.3, -0.25) is 14.5 Å². The molecular formula is C25H30N4O3. The van der Waals surface area contributed by atoms with Gasteiger partial charge in [0.05, 0.1) is 19.6 Å². The number of aromatic nitrogens is 1. The predicted octanol–water partition coefficient (Wildman–Crippen LogP) is 2.53. The number of piperazine rings is 1. The minimum absolute atomic E-state index is 0.0896. The molecule has 1 saturated heterocycles. The number of aryl methyl sites for hydroxylation is 1. The monoisotopic (exact) mass is 434 g/mol. The van der Waals surface area contributed by atoms with Crippen molar-refractivity contribution in [3.05, 3.63) is 65.4 Å². The van der Waals surface area contributed by atoms with Gasteiger partial charge in [0.15, 0.2) is 0 Å². The molecule has 2 aromatic carbocycles. The zero-order chi connectivity index (χ0) is 22.5. The lowest BCUT2D eigenvalue weighted by atomic mass is 10.0. The van der Waals surface area contributed by atoms with Gasteiger partial charge in [-0.05, 0) is 42.2 Å². The van der Waals surface area contributed by atoms with Crippen LogP contribution < -0.4 is 15.4 Å². The number of hydrogen-bond donors (Lipinski definition) is 3. The molecule has 0 saturated carbocycles. The molecule has 1 aromatic heterocycles. The Labute approximate surface area is 188 Å². The van der Waals surface area contributed by atoms with Crippen LogP contribution in [0, 0.1) is 6.92 Å². The summed E-state index contributed by atoms with van der Waals surface area (Å²) in [5.41, 5.74) is 4.42. The van der Waals surface area contributed by atoms with Gasteiger partial charge in [0.2, 0.25) is 11.8 Å². The van der Waals surface area contributed by atoms with Crippen molar-refractivity contribution in [2.75, 3.05) is 26.7 Å². The fourth-order valence-electron chi connectivity index (χ4n) is 4.37. The van der Waals surface area contributed by atoms with Gasteiger partial charge in [0.1, 0.15) is 5.75 Å². The van der Waals surface area contributed by atoms with E-state index in [0.29, 0.717) is 26.2 Å². The summed E-state index contributed by atoms with van der Waals surface area (Å²) in [7, 11) is 1.66. The molecule has 168 valence electrons. The molecule has 0 aliphatic carbocycles. The molecule has 1 aliphatic rings. The minimum atomic E-state index is -0.473. The molecule has 4 rings (SSSR count). The summed E-state index contributed by atoms with van der Waals surface area (Å²) in [6, 6.07) is 13.7. The second-order valence-corrected chi connectivity index (χ2v) is 8.24. The summed E-state index contributed by atoms with van der Waals surface area (Å²) in [4.78, 5) is 30.5. The van der Waals surface area contributed by atoms with Crippen molar-refractivity contribution in [1.29, 1.82) is 0 Å². The second-order valence-electron chi connectivity index (χ2n) is 8.24. The largest absolute Gasteiger partial charge is 0.496 e. The number of benzene rings is 2. The number of carbonyl (C=O) groups excluding carboxylic acids is 2. The summed E-state index contributed by atoms with van der Waals surface area (Å²) in [6.45, 7) is 4.46. The highest BCUT2D eigenvalue weighted by Crippen LogP contribution is 2.21. The molecule has 0 bridgehead atoms. The van der Waals surface area contributed by atoms with Crippen LogP contribution in [0.15, 0.2) is 48.7 Å². The predicted molar refractivity (Wildman–Crippen MR) is 125 cm³/mol. The number of amides is 2. The van der Waals surface area contributed by atoms with Gasteiger partial charge >= 0.3 is 0 Å². The summed E-state index contributed by atoms with van der Waals surface area (Å²) in [6.07, 6.45) is 2.88. The first-order chi connectivity index (χ1) is 15.5. The van der Waals surface area contributed by atoms with Crippen LogP contribution in [0.2, 0.25) is 0 Å². The molecule has 1 aliphatic heterocycles. The normalized spacial score (nSPS) is 16.7. The molecular weight excluding hydrogens is 404 g/mol. The molecule has 2 amide bonds. The van der Waals surface area contributed by atoms with Gasteiger partial charge in [-0.25, -0.2) is 0 Å². The molecule has 2 heterocycles. The van der Waals surface area contributed by atoms with Gasteiger partial charge in [-0.1, -0.05) is 30.3 Å². The Hall–Kier alpha value is -3.32. The molecule has 7 heteroatoms. The molecule has 3 aromatic rings. The third-order valence-electron chi connectivity index (χ3n) is 6.06. The van der Waals surface area contributed by atoms with E-state index in [1.807, 2.05) is 43.5 Å². The molecule has 1 fully saturated rings. The van der Waals surface area contributed by atoms with E-state index >= 15 is 0 Å². The van der Waals surface area contributed by atoms with Crippen LogP contribution in [-0.2, 0) is 22.6 Å². The number of ether oxygens (including phenoxy) is 1. The quantitative estimate of drug-likeness (QED) is 0.509. The van der Waals surface area contributed by atoms with Crippen LogP contribution in [0.1, 0.15) is 23.1 Å². The number of nitrogens with zero attached hydrogens (tertiary/aromatic N) is 1. The van der Waals surface area contributed by atoms with Crippen molar-refractivity contribution in [3.8, 4) is 5.75 Å². The first kappa shape index (κ1) is 21.9. The molecule has 1 unspecified atom stereocenters. The number of fused-ring (bicyclic) bond motifs is 1. The highest BCUT2D eigenvalue weighted by molar-refractivity contribution is 5.89. The standard InChI is InChI=1S/C25H30N4O3/c1-17-13-18(7-8-23(17)32-2)16-29-12-11-27-25(31)22(29)14-24(30)26-10-9-19-15-28-21-6-4-3-5-20(19)21/h3-8,13,15,22,28H,9-12,14,16H2,1-2H3,(H,26,30)(H,27,31). The summed E-state index contributed by atoms with van der Waals surface area (Å²) in [5, 5.41) is 7.06. The fraction of sp³-hybridized carbons (Fsp3) is 0.360. The van der Waals surface area contributed by atoms with Gasteiger partial charge in [-0.2, -0.15) is 0 Å². The maximum Gasteiger partial charge on any atom is 0.237 e. The van der Waals surface area contributed by atoms with Gasteiger partial charge in [-0.15, -0.1) is 0 Å². The maximum atomic E-state index is 12.6. The van der Waals surface area contributed by atoms with Crippen molar-refractivity contribution >= 4 is 22.7 Å². The number of para-hydroxylation sites is 1. The van der Waals surface area contributed by atoms with Crippen LogP contribution >= 0.6 is 0 Å². The van der Waals surface area contributed by atoms with E-state index in [0.717, 1.165) is 28.8 Å². The average molecular weight is 435 g/mol. The first-order valence-electron chi connectivity index (χ1n) is 11.0. The average Bonchev–Trinajstić information content (AvgIpc) is 3.19.